The first-order chi connectivity index (χ1) is 8.60. The van der Waals surface area contributed by atoms with Crippen LogP contribution in [0.25, 0.3) is 0 Å². The maximum atomic E-state index is 6.06. The van der Waals surface area contributed by atoms with Gasteiger partial charge in [0.2, 0.25) is 5.88 Å². The maximum absolute atomic E-state index is 6.06. The van der Waals surface area contributed by atoms with E-state index in [0.29, 0.717) is 23.2 Å². The van der Waals surface area contributed by atoms with Gasteiger partial charge < -0.3 is 10.5 Å². The summed E-state index contributed by atoms with van der Waals surface area (Å²) in [5, 5.41) is 4.62. The Balaban J connectivity index is 2.17. The predicted molar refractivity (Wildman–Crippen MR) is 69.8 cm³/mol. The van der Waals surface area contributed by atoms with Gasteiger partial charge in [-0.1, -0.05) is 11.6 Å². The van der Waals surface area contributed by atoms with Crippen molar-refractivity contribution in [2.75, 3.05) is 0 Å². The molecule has 0 spiro atoms. The summed E-state index contributed by atoms with van der Waals surface area (Å²) in [6, 6.07) is 2.03. The Bertz CT molecular complexity index is 539. The topological polar surface area (TPSA) is 66.0 Å². The Kier molecular flexibility index (Phi) is 3.84. The lowest BCUT2D eigenvalue weighted by atomic mass is 10.3. The van der Waals surface area contributed by atoms with E-state index in [4.69, 9.17) is 22.1 Å². The van der Waals surface area contributed by atoms with Crippen LogP contribution in [-0.4, -0.2) is 14.8 Å². The van der Waals surface area contributed by atoms with Gasteiger partial charge in [0.25, 0.3) is 0 Å². The molecule has 0 aliphatic carbocycles. The summed E-state index contributed by atoms with van der Waals surface area (Å²) < 4.78 is 7.38. The molecule has 0 unspecified atom stereocenters. The molecule has 96 valence electrons. The Hall–Kier alpha value is -1.59. The minimum Gasteiger partial charge on any atom is -0.434 e. The van der Waals surface area contributed by atoms with Crippen LogP contribution in [-0.2, 0) is 6.54 Å². The third-order valence-corrected chi connectivity index (χ3v) is 2.69. The van der Waals surface area contributed by atoms with Gasteiger partial charge in [0.05, 0.1) is 12.4 Å². The predicted octanol–water partition coefficient (Wildman–Crippen LogP) is 2.76. The highest BCUT2D eigenvalue weighted by Gasteiger charge is 2.08. The lowest BCUT2D eigenvalue weighted by Crippen LogP contribution is -2.00. The third kappa shape index (κ3) is 2.80. The number of rotatable bonds is 4. The molecule has 0 aromatic carbocycles. The van der Waals surface area contributed by atoms with E-state index in [-0.39, 0.29) is 6.04 Å². The number of pyridine rings is 1. The summed E-state index contributed by atoms with van der Waals surface area (Å²) in [7, 11) is 0. The fourth-order valence-electron chi connectivity index (χ4n) is 1.42. The zero-order chi connectivity index (χ0) is 13.1. The van der Waals surface area contributed by atoms with Gasteiger partial charge in [-0.05, 0) is 25.5 Å². The molecule has 5 nitrogen and oxygen atoms in total. The summed E-state index contributed by atoms with van der Waals surface area (Å²) >= 11 is 6.06. The summed E-state index contributed by atoms with van der Waals surface area (Å²) in [5.74, 6) is 0.968. The van der Waals surface area contributed by atoms with Crippen molar-refractivity contribution in [2.24, 2.45) is 5.73 Å². The van der Waals surface area contributed by atoms with Gasteiger partial charge >= 0.3 is 0 Å². The average Bonchev–Trinajstić information content (AvgIpc) is 2.80. The summed E-state index contributed by atoms with van der Waals surface area (Å²) in [4.78, 5) is 4.13. The van der Waals surface area contributed by atoms with Gasteiger partial charge in [-0.15, -0.1) is 0 Å². The fraction of sp³-hybridized carbons (Fsp3) is 0.333. The van der Waals surface area contributed by atoms with Crippen molar-refractivity contribution in [2.45, 2.75) is 26.4 Å². The molecule has 2 aromatic heterocycles. The number of nitrogens with zero attached hydrogens (tertiary/aromatic N) is 3. The fourth-order valence-corrected chi connectivity index (χ4v) is 1.65. The van der Waals surface area contributed by atoms with Crippen LogP contribution in [0.2, 0.25) is 5.02 Å². The minimum absolute atomic E-state index is 0.283. The Morgan fingerprint density at radius 1 is 1.44 bits per heavy atom. The second-order valence-electron chi connectivity index (χ2n) is 4.19. The van der Waals surface area contributed by atoms with Crippen LogP contribution in [0.3, 0.4) is 0 Å². The molecule has 0 saturated carbocycles. The van der Waals surface area contributed by atoms with Crippen molar-refractivity contribution in [1.29, 1.82) is 0 Å². The van der Waals surface area contributed by atoms with Crippen molar-refractivity contribution in [1.82, 2.24) is 14.8 Å². The van der Waals surface area contributed by atoms with E-state index in [1.54, 1.807) is 29.3 Å². The highest BCUT2D eigenvalue weighted by molar-refractivity contribution is 6.31. The Morgan fingerprint density at radius 2 is 2.22 bits per heavy atom. The molecule has 0 saturated heterocycles. The average molecular weight is 267 g/mol. The molecule has 0 amide bonds. The molecule has 6 heteroatoms. The number of nitrogens with two attached hydrogens (primary N) is 1. The molecule has 18 heavy (non-hydrogen) atoms. The maximum Gasteiger partial charge on any atom is 0.238 e. The number of aromatic nitrogens is 3. The van der Waals surface area contributed by atoms with Gasteiger partial charge in [0, 0.05) is 18.8 Å². The van der Waals surface area contributed by atoms with E-state index < -0.39 is 0 Å². The number of halogens is 1. The largest absolute Gasteiger partial charge is 0.434 e. The second-order valence-corrected chi connectivity index (χ2v) is 4.59. The van der Waals surface area contributed by atoms with E-state index >= 15 is 0 Å². The van der Waals surface area contributed by atoms with Gasteiger partial charge in [-0.25, -0.2) is 4.98 Å². The van der Waals surface area contributed by atoms with E-state index in [9.17, 15) is 0 Å². The molecule has 2 aromatic rings. The second kappa shape index (κ2) is 5.37. The van der Waals surface area contributed by atoms with Crippen LogP contribution >= 0.6 is 11.6 Å². The normalized spacial score (nSPS) is 10.9. The standard InChI is InChI=1S/C12H15ClN4O/c1-8(2)17-7-10(6-16-17)18-12-11(13)3-9(4-14)5-15-12/h3,5-8H,4,14H2,1-2H3. The van der Waals surface area contributed by atoms with Crippen LogP contribution in [0, 0.1) is 0 Å². The van der Waals surface area contributed by atoms with Crippen LogP contribution < -0.4 is 10.5 Å². The SMILES string of the molecule is CC(C)n1cc(Oc2ncc(CN)cc2Cl)cn1. The summed E-state index contributed by atoms with van der Waals surface area (Å²) in [5.41, 5.74) is 6.37. The van der Waals surface area contributed by atoms with Crippen molar-refractivity contribution >= 4 is 11.6 Å². The first-order valence-electron chi connectivity index (χ1n) is 5.66. The van der Waals surface area contributed by atoms with Crippen molar-refractivity contribution in [3.8, 4) is 11.6 Å². The van der Waals surface area contributed by atoms with Crippen LogP contribution in [0.1, 0.15) is 25.5 Å². The number of hydrogen-bond donors (Lipinski definition) is 1. The highest BCUT2D eigenvalue weighted by Crippen LogP contribution is 2.27. The van der Waals surface area contributed by atoms with Gasteiger partial charge in [0.1, 0.15) is 5.02 Å². The van der Waals surface area contributed by atoms with Crippen molar-refractivity contribution < 1.29 is 4.74 Å². The molecule has 0 aliphatic rings. The van der Waals surface area contributed by atoms with E-state index in [1.165, 1.54) is 0 Å². The number of ether oxygens (including phenoxy) is 1. The van der Waals surface area contributed by atoms with Gasteiger partial charge in [-0.2, -0.15) is 5.10 Å². The monoisotopic (exact) mass is 266 g/mol. The van der Waals surface area contributed by atoms with Crippen LogP contribution in [0.15, 0.2) is 24.7 Å². The highest BCUT2D eigenvalue weighted by atomic mass is 35.5. The van der Waals surface area contributed by atoms with Gasteiger partial charge in [-0.3, -0.25) is 4.68 Å². The molecule has 2 rings (SSSR count). The summed E-state index contributed by atoms with van der Waals surface area (Å²) in [6.07, 6.45) is 5.09. The molecule has 0 atom stereocenters. The molecule has 0 fully saturated rings. The molecule has 2 N–H and O–H groups in total. The van der Waals surface area contributed by atoms with Crippen LogP contribution in [0.4, 0.5) is 0 Å². The first kappa shape index (κ1) is 12.9. The Labute approximate surface area is 111 Å². The molecule has 0 bridgehead atoms. The van der Waals surface area contributed by atoms with E-state index in [1.807, 2.05) is 13.8 Å². The summed E-state index contributed by atoms with van der Waals surface area (Å²) in [6.45, 7) is 4.48. The zero-order valence-corrected chi connectivity index (χ0v) is 11.1. The van der Waals surface area contributed by atoms with E-state index in [2.05, 4.69) is 10.1 Å². The van der Waals surface area contributed by atoms with Gasteiger partial charge in [0.15, 0.2) is 5.75 Å². The minimum atomic E-state index is 0.283. The molecular formula is C12H15ClN4O. The Morgan fingerprint density at radius 3 is 2.78 bits per heavy atom. The first-order valence-corrected chi connectivity index (χ1v) is 6.04. The number of hydrogen-bond acceptors (Lipinski definition) is 4. The third-order valence-electron chi connectivity index (χ3n) is 2.42. The lowest BCUT2D eigenvalue weighted by Gasteiger charge is -2.06. The van der Waals surface area contributed by atoms with Crippen LogP contribution in [0.5, 0.6) is 11.6 Å². The quantitative estimate of drug-likeness (QED) is 0.924. The van der Waals surface area contributed by atoms with E-state index in [0.717, 1.165) is 5.56 Å². The lowest BCUT2D eigenvalue weighted by molar-refractivity contribution is 0.459. The molecular weight excluding hydrogens is 252 g/mol. The van der Waals surface area contributed by atoms with Crippen molar-refractivity contribution in [3.05, 3.63) is 35.2 Å². The smallest absolute Gasteiger partial charge is 0.238 e. The molecule has 2 heterocycles. The molecule has 0 radical (unpaired) electrons. The van der Waals surface area contributed by atoms with Crippen molar-refractivity contribution in [3.63, 3.8) is 0 Å². The molecule has 0 aliphatic heterocycles. The zero-order valence-electron chi connectivity index (χ0n) is 10.3.